The Kier molecular flexibility index (Phi) is 5.70. The van der Waals surface area contributed by atoms with E-state index in [2.05, 4.69) is 10.3 Å². The number of hydrogen-bond donors (Lipinski definition) is 1. The summed E-state index contributed by atoms with van der Waals surface area (Å²) in [5, 5.41) is 4.06. The number of thioether (sulfide) groups is 1. The summed E-state index contributed by atoms with van der Waals surface area (Å²) in [4.78, 5) is 15.9. The summed E-state index contributed by atoms with van der Waals surface area (Å²) in [5.74, 6) is 0.947. The molecule has 0 aliphatic heterocycles. The molecule has 2 rings (SSSR count). The molecule has 0 saturated carbocycles. The van der Waals surface area contributed by atoms with Gasteiger partial charge in [0.05, 0.1) is 11.9 Å². The summed E-state index contributed by atoms with van der Waals surface area (Å²) < 4.78 is 5.62. The Hall–Kier alpha value is -1.46. The molecular formula is C15H17ClN2O2S. The highest BCUT2D eigenvalue weighted by atomic mass is 35.5. The average Bonchev–Trinajstić information content (AvgIpc) is 2.94. The largest absolute Gasteiger partial charge is 0.431 e. The van der Waals surface area contributed by atoms with Crippen LogP contribution in [0.1, 0.15) is 20.3 Å². The Bertz CT molecular complexity index is 598. The first kappa shape index (κ1) is 15.9. The lowest BCUT2D eigenvalue weighted by atomic mass is 10.2. The molecule has 0 aliphatic rings. The maximum atomic E-state index is 11.7. The van der Waals surface area contributed by atoms with Gasteiger partial charge < -0.3 is 9.73 Å². The van der Waals surface area contributed by atoms with Crippen molar-refractivity contribution in [1.82, 2.24) is 10.3 Å². The zero-order valence-electron chi connectivity index (χ0n) is 11.9. The average molecular weight is 325 g/mol. The number of carbonyl (C=O) groups is 1. The van der Waals surface area contributed by atoms with E-state index in [-0.39, 0.29) is 11.9 Å². The summed E-state index contributed by atoms with van der Waals surface area (Å²) >= 11 is 7.13. The summed E-state index contributed by atoms with van der Waals surface area (Å²) in [5.41, 5.74) is 0.905. The fourth-order valence-corrected chi connectivity index (χ4v) is 2.36. The molecule has 6 heteroatoms. The van der Waals surface area contributed by atoms with Gasteiger partial charge in [0.2, 0.25) is 5.91 Å². The third-order valence-electron chi connectivity index (χ3n) is 2.96. The lowest BCUT2D eigenvalue weighted by Gasteiger charge is -2.09. The molecule has 21 heavy (non-hydrogen) atoms. The highest BCUT2D eigenvalue weighted by molar-refractivity contribution is 7.99. The number of amides is 1. The van der Waals surface area contributed by atoms with E-state index in [0.717, 1.165) is 12.0 Å². The lowest BCUT2D eigenvalue weighted by Crippen LogP contribution is -2.33. The highest BCUT2D eigenvalue weighted by Crippen LogP contribution is 2.26. The number of nitrogens with zero attached hydrogens (tertiary/aromatic N) is 1. The van der Waals surface area contributed by atoms with Crippen LogP contribution in [0.5, 0.6) is 0 Å². The maximum absolute atomic E-state index is 11.7. The molecule has 112 valence electrons. The molecular weight excluding hydrogens is 308 g/mol. The van der Waals surface area contributed by atoms with Crippen LogP contribution in [0.3, 0.4) is 0 Å². The highest BCUT2D eigenvalue weighted by Gasteiger charge is 2.10. The van der Waals surface area contributed by atoms with Gasteiger partial charge in [-0.1, -0.05) is 30.3 Å². The van der Waals surface area contributed by atoms with Gasteiger partial charge in [-0.05, 0) is 37.6 Å². The standard InChI is InChI=1S/C15H17ClN2O2S/c1-3-10(2)18-14(19)9-21-15-17-8-13(20-15)11-4-6-12(16)7-5-11/h4-8,10H,3,9H2,1-2H3,(H,18,19)/t10-/m1/s1. The van der Waals surface area contributed by atoms with E-state index in [0.29, 0.717) is 21.8 Å². The van der Waals surface area contributed by atoms with Gasteiger partial charge >= 0.3 is 0 Å². The number of oxazole rings is 1. The Morgan fingerprint density at radius 1 is 1.43 bits per heavy atom. The van der Waals surface area contributed by atoms with Gasteiger partial charge in [0.1, 0.15) is 0 Å². The molecule has 1 amide bonds. The number of carbonyl (C=O) groups excluding carboxylic acids is 1. The zero-order chi connectivity index (χ0) is 15.2. The molecule has 1 atom stereocenters. The lowest BCUT2D eigenvalue weighted by molar-refractivity contribution is -0.119. The Morgan fingerprint density at radius 3 is 2.81 bits per heavy atom. The Labute approximate surface area is 133 Å². The smallest absolute Gasteiger partial charge is 0.256 e. The first-order valence-electron chi connectivity index (χ1n) is 6.72. The number of hydrogen-bond acceptors (Lipinski definition) is 4. The molecule has 1 N–H and O–H groups in total. The van der Waals surface area contributed by atoms with Gasteiger partial charge in [0.15, 0.2) is 5.76 Å². The van der Waals surface area contributed by atoms with Crippen LogP contribution in [0.25, 0.3) is 11.3 Å². The predicted molar refractivity (Wildman–Crippen MR) is 85.6 cm³/mol. The molecule has 1 aromatic carbocycles. The van der Waals surface area contributed by atoms with Crippen molar-refractivity contribution in [3.05, 3.63) is 35.5 Å². The van der Waals surface area contributed by atoms with E-state index in [1.165, 1.54) is 11.8 Å². The minimum atomic E-state index is -0.0133. The van der Waals surface area contributed by atoms with E-state index in [1.54, 1.807) is 18.3 Å². The summed E-state index contributed by atoms with van der Waals surface area (Å²) in [7, 11) is 0. The van der Waals surface area contributed by atoms with Crippen LogP contribution in [-0.2, 0) is 4.79 Å². The number of halogens is 1. The molecule has 1 heterocycles. The van der Waals surface area contributed by atoms with Gasteiger partial charge in [-0.15, -0.1) is 0 Å². The van der Waals surface area contributed by atoms with Crippen molar-refractivity contribution in [3.63, 3.8) is 0 Å². The Morgan fingerprint density at radius 2 is 2.14 bits per heavy atom. The summed E-state index contributed by atoms with van der Waals surface area (Å²) in [6, 6.07) is 7.52. The SMILES string of the molecule is CC[C@@H](C)NC(=O)CSc1ncc(-c2ccc(Cl)cc2)o1. The number of nitrogens with one attached hydrogen (secondary N) is 1. The molecule has 0 saturated heterocycles. The van der Waals surface area contributed by atoms with Gasteiger partial charge in [-0.2, -0.15) is 0 Å². The molecule has 0 radical (unpaired) electrons. The van der Waals surface area contributed by atoms with Crippen molar-refractivity contribution in [2.45, 2.75) is 31.5 Å². The molecule has 2 aromatic rings. The van der Waals surface area contributed by atoms with E-state index in [4.69, 9.17) is 16.0 Å². The van der Waals surface area contributed by atoms with Gasteiger partial charge in [-0.3, -0.25) is 4.79 Å². The predicted octanol–water partition coefficient (Wildman–Crippen LogP) is 4.00. The first-order valence-corrected chi connectivity index (χ1v) is 8.08. The van der Waals surface area contributed by atoms with Crippen LogP contribution in [0.15, 0.2) is 40.1 Å². The maximum Gasteiger partial charge on any atom is 0.256 e. The molecule has 4 nitrogen and oxygen atoms in total. The molecule has 0 unspecified atom stereocenters. The van der Waals surface area contributed by atoms with Crippen molar-refractivity contribution in [1.29, 1.82) is 0 Å². The van der Waals surface area contributed by atoms with Crippen molar-refractivity contribution >= 4 is 29.3 Å². The molecule has 0 spiro atoms. The topological polar surface area (TPSA) is 55.1 Å². The fourth-order valence-electron chi connectivity index (χ4n) is 1.62. The second kappa shape index (κ2) is 7.52. The quantitative estimate of drug-likeness (QED) is 0.816. The van der Waals surface area contributed by atoms with Crippen molar-refractivity contribution < 1.29 is 9.21 Å². The van der Waals surface area contributed by atoms with Gasteiger partial charge in [0, 0.05) is 16.6 Å². The normalized spacial score (nSPS) is 12.1. The van der Waals surface area contributed by atoms with Crippen LogP contribution >= 0.6 is 23.4 Å². The van der Waals surface area contributed by atoms with E-state index in [9.17, 15) is 4.79 Å². The summed E-state index contributed by atoms with van der Waals surface area (Å²) in [6.07, 6.45) is 2.56. The van der Waals surface area contributed by atoms with Crippen LogP contribution in [0, 0.1) is 0 Å². The summed E-state index contributed by atoms with van der Waals surface area (Å²) in [6.45, 7) is 4.01. The third-order valence-corrected chi connectivity index (χ3v) is 4.05. The van der Waals surface area contributed by atoms with E-state index < -0.39 is 0 Å². The molecule has 0 bridgehead atoms. The van der Waals surface area contributed by atoms with Gasteiger partial charge in [0.25, 0.3) is 5.22 Å². The van der Waals surface area contributed by atoms with Crippen molar-refractivity contribution in [2.24, 2.45) is 0 Å². The van der Waals surface area contributed by atoms with Crippen LogP contribution in [0.2, 0.25) is 5.02 Å². The number of aromatic nitrogens is 1. The van der Waals surface area contributed by atoms with Crippen molar-refractivity contribution in [3.8, 4) is 11.3 Å². The van der Waals surface area contributed by atoms with Crippen molar-refractivity contribution in [2.75, 3.05) is 5.75 Å². The number of benzene rings is 1. The van der Waals surface area contributed by atoms with E-state index >= 15 is 0 Å². The molecule has 0 aliphatic carbocycles. The first-order chi connectivity index (χ1) is 10.1. The fraction of sp³-hybridized carbons (Fsp3) is 0.333. The molecule has 0 fully saturated rings. The second-order valence-electron chi connectivity index (χ2n) is 4.66. The second-order valence-corrected chi connectivity index (χ2v) is 6.03. The van der Waals surface area contributed by atoms with Gasteiger partial charge in [-0.25, -0.2) is 4.98 Å². The van der Waals surface area contributed by atoms with Crippen LogP contribution in [-0.4, -0.2) is 22.7 Å². The third kappa shape index (κ3) is 4.79. The van der Waals surface area contributed by atoms with Crippen LogP contribution in [0.4, 0.5) is 0 Å². The zero-order valence-corrected chi connectivity index (χ0v) is 13.5. The number of rotatable bonds is 6. The van der Waals surface area contributed by atoms with E-state index in [1.807, 2.05) is 26.0 Å². The Balaban J connectivity index is 1.91. The minimum Gasteiger partial charge on any atom is -0.431 e. The minimum absolute atomic E-state index is 0.0133. The van der Waals surface area contributed by atoms with Crippen LogP contribution < -0.4 is 5.32 Å². The molecule has 1 aromatic heterocycles. The monoisotopic (exact) mass is 324 g/mol.